The van der Waals surface area contributed by atoms with Gasteiger partial charge in [-0.15, -0.1) is 6.58 Å². The quantitative estimate of drug-likeness (QED) is 0.470. The molecule has 7 nitrogen and oxygen atoms in total. The van der Waals surface area contributed by atoms with Crippen LogP contribution < -0.4 is 10.6 Å². The van der Waals surface area contributed by atoms with Crippen LogP contribution in [0.1, 0.15) is 50.2 Å². The smallest absolute Gasteiger partial charge is 0.407 e. The number of carboxylic acids is 1. The molecule has 0 aliphatic heterocycles. The first kappa shape index (κ1) is 24.0. The summed E-state index contributed by atoms with van der Waals surface area (Å²) in [6.45, 7) is 7.28. The van der Waals surface area contributed by atoms with E-state index in [4.69, 9.17) is 9.84 Å². The Balaban J connectivity index is 1.62. The summed E-state index contributed by atoms with van der Waals surface area (Å²) < 4.78 is 5.53. The second-order valence-electron chi connectivity index (χ2n) is 8.81. The van der Waals surface area contributed by atoms with Gasteiger partial charge in [0.1, 0.15) is 12.6 Å². The minimum Gasteiger partial charge on any atom is -0.481 e. The maximum Gasteiger partial charge on any atom is 0.407 e. The molecule has 0 bridgehead atoms. The van der Waals surface area contributed by atoms with Gasteiger partial charge in [0.15, 0.2) is 0 Å². The summed E-state index contributed by atoms with van der Waals surface area (Å²) in [6.07, 6.45) is 1.25. The number of carboxylic acid groups (broad SMARTS) is 1. The van der Waals surface area contributed by atoms with E-state index in [9.17, 15) is 14.4 Å². The molecule has 1 aliphatic carbocycles. The number of ether oxygens (including phenoxy) is 1. The van der Waals surface area contributed by atoms with Crippen molar-refractivity contribution in [2.75, 3.05) is 6.61 Å². The van der Waals surface area contributed by atoms with Gasteiger partial charge in [-0.2, -0.15) is 0 Å². The molecule has 0 saturated carbocycles. The van der Waals surface area contributed by atoms with Crippen LogP contribution in [0.25, 0.3) is 11.1 Å². The van der Waals surface area contributed by atoms with Crippen LogP contribution in [0.15, 0.2) is 61.2 Å². The van der Waals surface area contributed by atoms with Gasteiger partial charge in [-0.25, -0.2) is 4.79 Å². The van der Waals surface area contributed by atoms with E-state index in [1.165, 1.54) is 6.08 Å². The molecule has 2 amide bonds. The first-order valence-electron chi connectivity index (χ1n) is 11.0. The lowest BCUT2D eigenvalue weighted by atomic mass is 9.97. The number of fused-ring (bicyclic) bond motifs is 3. The monoisotopic (exact) mass is 450 g/mol. The van der Waals surface area contributed by atoms with Crippen molar-refractivity contribution in [2.24, 2.45) is 0 Å². The maximum atomic E-state index is 12.7. The normalized spacial score (nSPS) is 13.4. The van der Waals surface area contributed by atoms with Crippen molar-refractivity contribution >= 4 is 18.0 Å². The van der Waals surface area contributed by atoms with E-state index in [0.29, 0.717) is 0 Å². The standard InChI is InChI=1S/C26H30N2O5/c1-4-9-22(24(31)28-26(2,3)15-14-23(29)30)27-25(32)33-16-21-19-12-7-5-10-17(19)18-11-6-8-13-20(18)21/h4-8,10-13,21-22H,1,9,14-16H2,2-3H3,(H,27,32)(H,28,31)(H,29,30). The minimum atomic E-state index is -0.934. The molecule has 0 radical (unpaired) electrons. The highest BCUT2D eigenvalue weighted by Crippen LogP contribution is 2.44. The van der Waals surface area contributed by atoms with E-state index in [0.717, 1.165) is 22.3 Å². The van der Waals surface area contributed by atoms with Crippen molar-refractivity contribution < 1.29 is 24.2 Å². The van der Waals surface area contributed by atoms with Crippen LogP contribution in [0, 0.1) is 0 Å². The SMILES string of the molecule is C=CCC(NC(=O)OCC1c2ccccc2-c2ccccc21)C(=O)NC(C)(C)CCC(=O)O. The average Bonchev–Trinajstić information content (AvgIpc) is 3.09. The van der Waals surface area contributed by atoms with Crippen molar-refractivity contribution in [3.63, 3.8) is 0 Å². The third kappa shape index (κ3) is 6.00. The topological polar surface area (TPSA) is 105 Å². The molecular formula is C26H30N2O5. The summed E-state index contributed by atoms with van der Waals surface area (Å²) in [5.74, 6) is -1.43. The van der Waals surface area contributed by atoms with E-state index in [-0.39, 0.29) is 31.8 Å². The molecule has 1 atom stereocenters. The van der Waals surface area contributed by atoms with Crippen LogP contribution >= 0.6 is 0 Å². The van der Waals surface area contributed by atoms with Gasteiger partial charge in [0.05, 0.1) is 0 Å². The fourth-order valence-corrected chi connectivity index (χ4v) is 4.08. The number of aliphatic carboxylic acids is 1. The Morgan fingerprint density at radius 1 is 1.09 bits per heavy atom. The lowest BCUT2D eigenvalue weighted by molar-refractivity contribution is -0.138. The van der Waals surface area contributed by atoms with Crippen LogP contribution in [0.3, 0.4) is 0 Å². The zero-order valence-corrected chi connectivity index (χ0v) is 19.0. The third-order valence-electron chi connectivity index (χ3n) is 5.78. The number of nitrogens with one attached hydrogen (secondary N) is 2. The molecule has 2 aromatic rings. The lowest BCUT2D eigenvalue weighted by Crippen LogP contribution is -2.53. The summed E-state index contributed by atoms with van der Waals surface area (Å²) in [5, 5.41) is 14.3. The highest BCUT2D eigenvalue weighted by molar-refractivity contribution is 5.86. The molecule has 174 valence electrons. The van der Waals surface area contributed by atoms with Crippen molar-refractivity contribution in [1.82, 2.24) is 10.6 Å². The Morgan fingerprint density at radius 3 is 2.21 bits per heavy atom. The number of hydrogen-bond donors (Lipinski definition) is 3. The fraction of sp³-hybridized carbons (Fsp3) is 0.346. The van der Waals surface area contributed by atoms with Crippen LogP contribution in [0.2, 0.25) is 0 Å². The van der Waals surface area contributed by atoms with Crippen molar-refractivity contribution in [2.45, 2.75) is 50.6 Å². The van der Waals surface area contributed by atoms with E-state index < -0.39 is 29.6 Å². The Kier molecular flexibility index (Phi) is 7.53. The van der Waals surface area contributed by atoms with Crippen molar-refractivity contribution in [3.8, 4) is 11.1 Å². The number of amides is 2. The first-order valence-corrected chi connectivity index (χ1v) is 11.0. The van der Waals surface area contributed by atoms with Gasteiger partial charge >= 0.3 is 12.1 Å². The summed E-state index contributed by atoms with van der Waals surface area (Å²) in [7, 11) is 0. The zero-order valence-electron chi connectivity index (χ0n) is 19.0. The van der Waals surface area contributed by atoms with Gasteiger partial charge in [-0.05, 0) is 48.9 Å². The second-order valence-corrected chi connectivity index (χ2v) is 8.81. The predicted molar refractivity (Wildman–Crippen MR) is 126 cm³/mol. The van der Waals surface area contributed by atoms with E-state index in [1.807, 2.05) is 36.4 Å². The van der Waals surface area contributed by atoms with Gasteiger partial charge in [0, 0.05) is 17.9 Å². The summed E-state index contributed by atoms with van der Waals surface area (Å²) in [5.41, 5.74) is 3.74. The second kappa shape index (κ2) is 10.3. The molecule has 7 heteroatoms. The average molecular weight is 451 g/mol. The van der Waals surface area contributed by atoms with Crippen molar-refractivity contribution in [3.05, 3.63) is 72.3 Å². The minimum absolute atomic E-state index is 0.0702. The maximum absolute atomic E-state index is 12.7. The molecule has 33 heavy (non-hydrogen) atoms. The van der Waals surface area contributed by atoms with Gasteiger partial charge in [-0.1, -0.05) is 54.6 Å². The molecule has 3 N–H and O–H groups in total. The highest BCUT2D eigenvalue weighted by Gasteiger charge is 2.30. The molecule has 0 spiro atoms. The molecule has 0 saturated heterocycles. The lowest BCUT2D eigenvalue weighted by Gasteiger charge is -2.28. The van der Waals surface area contributed by atoms with Crippen LogP contribution in [-0.4, -0.2) is 41.3 Å². The van der Waals surface area contributed by atoms with Crippen LogP contribution in [0.4, 0.5) is 4.79 Å². The number of carbonyl (C=O) groups is 3. The van der Waals surface area contributed by atoms with E-state index in [2.05, 4.69) is 29.3 Å². The summed E-state index contributed by atoms with van der Waals surface area (Å²) in [4.78, 5) is 36.2. The van der Waals surface area contributed by atoms with Gasteiger partial charge in [0.25, 0.3) is 0 Å². The van der Waals surface area contributed by atoms with E-state index >= 15 is 0 Å². The Bertz CT molecular complexity index is 1000. The fourth-order valence-electron chi connectivity index (χ4n) is 4.08. The summed E-state index contributed by atoms with van der Waals surface area (Å²) in [6, 6.07) is 15.2. The number of hydrogen-bond acceptors (Lipinski definition) is 4. The molecule has 1 unspecified atom stereocenters. The molecule has 0 fully saturated rings. The first-order chi connectivity index (χ1) is 15.7. The Labute approximate surface area is 193 Å². The number of benzene rings is 2. The molecule has 0 heterocycles. The van der Waals surface area contributed by atoms with E-state index in [1.54, 1.807) is 13.8 Å². The highest BCUT2D eigenvalue weighted by atomic mass is 16.5. The summed E-state index contributed by atoms with van der Waals surface area (Å²) >= 11 is 0. The van der Waals surface area contributed by atoms with Crippen LogP contribution in [0.5, 0.6) is 0 Å². The largest absolute Gasteiger partial charge is 0.481 e. The Morgan fingerprint density at radius 2 is 1.67 bits per heavy atom. The van der Waals surface area contributed by atoms with Gasteiger partial charge in [0.2, 0.25) is 5.91 Å². The molecule has 3 rings (SSSR count). The van der Waals surface area contributed by atoms with Gasteiger partial charge in [-0.3, -0.25) is 9.59 Å². The molecular weight excluding hydrogens is 420 g/mol. The predicted octanol–water partition coefficient (Wildman–Crippen LogP) is 4.23. The Hall–Kier alpha value is -3.61. The number of carbonyl (C=O) groups excluding carboxylic acids is 2. The number of rotatable bonds is 10. The zero-order chi connectivity index (χ0) is 24.0. The van der Waals surface area contributed by atoms with Crippen molar-refractivity contribution in [1.29, 1.82) is 0 Å². The molecule has 1 aliphatic rings. The molecule has 0 aromatic heterocycles. The van der Waals surface area contributed by atoms with Gasteiger partial charge < -0.3 is 20.5 Å². The van der Waals surface area contributed by atoms with Crippen LogP contribution in [-0.2, 0) is 14.3 Å². The number of alkyl carbamates (subject to hydrolysis) is 1. The molecule has 2 aromatic carbocycles. The third-order valence-corrected chi connectivity index (χ3v) is 5.78.